The van der Waals surface area contributed by atoms with Gasteiger partial charge in [0.15, 0.2) is 0 Å². The number of thiophene rings is 1. The van der Waals surface area contributed by atoms with Crippen LogP contribution >= 0.6 is 11.3 Å². The Kier molecular flexibility index (Phi) is 8.15. The monoisotopic (exact) mass is 444 g/mol. The highest BCUT2D eigenvalue weighted by molar-refractivity contribution is 7.12. The number of aliphatic hydroxyl groups excluding tert-OH is 1. The summed E-state index contributed by atoms with van der Waals surface area (Å²) in [4.78, 5) is 14.8. The third-order valence-electron chi connectivity index (χ3n) is 6.82. The summed E-state index contributed by atoms with van der Waals surface area (Å²) in [5.41, 5.74) is 3.92. The fraction of sp³-hybridized carbons (Fsp3) is 0.593. The summed E-state index contributed by atoms with van der Waals surface area (Å²) in [7, 11) is 1.42. The van der Waals surface area contributed by atoms with Gasteiger partial charge >= 0.3 is 5.97 Å². The number of hydrogen-bond acceptors (Lipinski definition) is 4. The van der Waals surface area contributed by atoms with Crippen molar-refractivity contribution in [2.24, 2.45) is 11.3 Å². The topological polar surface area (TPSA) is 46.5 Å². The number of carbonyl (C=O) groups is 1. The summed E-state index contributed by atoms with van der Waals surface area (Å²) < 4.78 is 4.92. The first-order valence-corrected chi connectivity index (χ1v) is 12.2. The zero-order valence-electron chi connectivity index (χ0n) is 20.8. The van der Waals surface area contributed by atoms with Gasteiger partial charge in [0, 0.05) is 15.2 Å². The molecule has 3 nitrogen and oxygen atoms in total. The Morgan fingerprint density at radius 3 is 2.19 bits per heavy atom. The van der Waals surface area contributed by atoms with Gasteiger partial charge in [-0.2, -0.15) is 0 Å². The lowest BCUT2D eigenvalue weighted by Gasteiger charge is -2.32. The molecule has 0 bridgehead atoms. The van der Waals surface area contributed by atoms with Crippen molar-refractivity contribution in [3.05, 3.63) is 56.3 Å². The van der Waals surface area contributed by atoms with E-state index in [1.54, 1.807) is 0 Å². The Labute approximate surface area is 192 Å². The van der Waals surface area contributed by atoms with Crippen molar-refractivity contribution in [2.45, 2.75) is 86.2 Å². The van der Waals surface area contributed by atoms with Gasteiger partial charge in [0.05, 0.1) is 18.8 Å². The molecule has 1 heterocycles. The average Bonchev–Trinajstić information content (AvgIpc) is 3.08. The van der Waals surface area contributed by atoms with Crippen LogP contribution in [0.1, 0.15) is 91.2 Å². The number of esters is 1. The third-order valence-corrected chi connectivity index (χ3v) is 8.28. The van der Waals surface area contributed by atoms with Gasteiger partial charge in [-0.3, -0.25) is 0 Å². The molecule has 0 saturated heterocycles. The minimum Gasteiger partial charge on any atom is -0.465 e. The van der Waals surface area contributed by atoms with Crippen LogP contribution in [-0.2, 0) is 16.6 Å². The van der Waals surface area contributed by atoms with Crippen LogP contribution < -0.4 is 0 Å². The maximum Gasteiger partial charge on any atom is 0.338 e. The van der Waals surface area contributed by atoms with Gasteiger partial charge < -0.3 is 9.84 Å². The molecule has 0 aliphatic heterocycles. The van der Waals surface area contributed by atoms with E-state index in [9.17, 15) is 9.90 Å². The van der Waals surface area contributed by atoms with Crippen LogP contribution in [0.15, 0.2) is 24.3 Å². The number of benzene rings is 1. The third kappa shape index (κ3) is 5.23. The molecule has 2 aromatic rings. The first-order chi connectivity index (χ1) is 14.4. The Morgan fingerprint density at radius 1 is 1.10 bits per heavy atom. The molecule has 1 aromatic heterocycles. The largest absolute Gasteiger partial charge is 0.465 e. The lowest BCUT2D eigenvalue weighted by Crippen LogP contribution is -2.33. The van der Waals surface area contributed by atoms with Crippen molar-refractivity contribution in [1.82, 2.24) is 0 Å². The molecule has 1 N–H and O–H groups in total. The minimum atomic E-state index is -0.340. The number of methoxy groups -OCH3 is 1. The molecule has 0 radical (unpaired) electrons. The summed E-state index contributed by atoms with van der Waals surface area (Å²) in [6.45, 7) is 17.1. The second-order valence-corrected chi connectivity index (χ2v) is 11.2. The molecule has 2 rings (SSSR count). The molecule has 0 fully saturated rings. The quantitative estimate of drug-likeness (QED) is 0.453. The van der Waals surface area contributed by atoms with E-state index in [1.165, 1.54) is 28.0 Å². The van der Waals surface area contributed by atoms with Crippen LogP contribution in [0.25, 0.3) is 0 Å². The minimum absolute atomic E-state index is 0.0844. The number of aryl methyl sites for hydroxylation is 2. The number of hydrogen-bond donors (Lipinski definition) is 1. The zero-order valence-corrected chi connectivity index (χ0v) is 21.6. The van der Waals surface area contributed by atoms with E-state index in [2.05, 4.69) is 66.7 Å². The maximum atomic E-state index is 12.0. The summed E-state index contributed by atoms with van der Waals surface area (Å²) in [6.07, 6.45) is 2.52. The van der Waals surface area contributed by atoms with Gasteiger partial charge in [-0.1, -0.05) is 53.7 Å². The standard InChI is InChI=1S/C27H40O3S/c1-10-27(11-2,20-12-13-21(17(3)14-20)25(29)30-9)23-16-18(4)22(31-23)15-19(5)24(28)26(6,7)8/h12-14,16,19,24,28H,10-11,15H2,1-9H3. The van der Waals surface area contributed by atoms with E-state index in [4.69, 9.17) is 4.74 Å². The van der Waals surface area contributed by atoms with Gasteiger partial charge in [-0.25, -0.2) is 4.79 Å². The van der Waals surface area contributed by atoms with Crippen molar-refractivity contribution in [3.63, 3.8) is 0 Å². The summed E-state index contributed by atoms with van der Waals surface area (Å²) >= 11 is 1.88. The van der Waals surface area contributed by atoms with Gasteiger partial charge in [0.25, 0.3) is 0 Å². The smallest absolute Gasteiger partial charge is 0.338 e. The summed E-state index contributed by atoms with van der Waals surface area (Å²) in [5.74, 6) is -0.0901. The first-order valence-electron chi connectivity index (χ1n) is 11.4. The van der Waals surface area contributed by atoms with E-state index in [0.29, 0.717) is 5.56 Å². The Hall–Kier alpha value is -1.65. The van der Waals surface area contributed by atoms with Gasteiger partial charge in [0.1, 0.15) is 0 Å². The SMILES string of the molecule is CCC(CC)(c1ccc(C(=O)OC)c(C)c1)c1cc(C)c(CC(C)C(O)C(C)(C)C)s1. The predicted octanol–water partition coefficient (Wildman–Crippen LogP) is 6.84. The van der Waals surface area contributed by atoms with Gasteiger partial charge in [-0.15, -0.1) is 11.3 Å². The second-order valence-electron chi connectivity index (χ2n) is 10.0. The van der Waals surface area contributed by atoms with E-state index in [1.807, 2.05) is 24.3 Å². The van der Waals surface area contributed by atoms with Gasteiger partial charge in [-0.05, 0) is 73.3 Å². The van der Waals surface area contributed by atoms with Crippen LogP contribution in [0.3, 0.4) is 0 Å². The molecule has 31 heavy (non-hydrogen) atoms. The van der Waals surface area contributed by atoms with E-state index in [-0.39, 0.29) is 28.8 Å². The van der Waals surface area contributed by atoms with E-state index < -0.39 is 0 Å². The van der Waals surface area contributed by atoms with Crippen LogP contribution in [0.4, 0.5) is 0 Å². The molecule has 1 aromatic carbocycles. The normalized spacial score (nSPS) is 14.4. The second kappa shape index (κ2) is 9.87. The molecule has 0 saturated carbocycles. The molecule has 0 aliphatic rings. The van der Waals surface area contributed by atoms with Crippen molar-refractivity contribution in [2.75, 3.05) is 7.11 Å². The Balaban J connectivity index is 2.45. The van der Waals surface area contributed by atoms with Crippen LogP contribution in [0.2, 0.25) is 0 Å². The highest BCUT2D eigenvalue weighted by Gasteiger charge is 2.34. The van der Waals surface area contributed by atoms with Crippen molar-refractivity contribution in [3.8, 4) is 0 Å². The molecule has 0 spiro atoms. The highest BCUT2D eigenvalue weighted by atomic mass is 32.1. The number of carbonyl (C=O) groups excluding carboxylic acids is 1. The Morgan fingerprint density at radius 2 is 1.71 bits per heavy atom. The molecule has 2 atom stereocenters. The number of aliphatic hydroxyl groups is 1. The molecule has 0 aliphatic carbocycles. The zero-order chi connectivity index (χ0) is 23.6. The molecular formula is C27H40O3S. The fourth-order valence-corrected chi connectivity index (χ4v) is 6.33. The molecular weight excluding hydrogens is 404 g/mol. The first kappa shape index (κ1) is 25.6. The van der Waals surface area contributed by atoms with Crippen molar-refractivity contribution >= 4 is 17.3 Å². The highest BCUT2D eigenvalue weighted by Crippen LogP contribution is 2.44. The van der Waals surface area contributed by atoms with Crippen LogP contribution in [-0.4, -0.2) is 24.3 Å². The molecule has 0 amide bonds. The average molecular weight is 445 g/mol. The number of rotatable bonds is 8. The molecule has 2 unspecified atom stereocenters. The lowest BCUT2D eigenvalue weighted by atomic mass is 9.74. The van der Waals surface area contributed by atoms with Crippen molar-refractivity contribution in [1.29, 1.82) is 0 Å². The molecule has 4 heteroatoms. The van der Waals surface area contributed by atoms with Crippen LogP contribution in [0.5, 0.6) is 0 Å². The van der Waals surface area contributed by atoms with E-state index >= 15 is 0 Å². The summed E-state index contributed by atoms with van der Waals surface area (Å²) in [6, 6.07) is 8.49. The van der Waals surface area contributed by atoms with Gasteiger partial charge in [0.2, 0.25) is 0 Å². The van der Waals surface area contributed by atoms with E-state index in [0.717, 1.165) is 24.8 Å². The predicted molar refractivity (Wildman–Crippen MR) is 131 cm³/mol. The fourth-order valence-electron chi connectivity index (χ4n) is 4.67. The lowest BCUT2D eigenvalue weighted by molar-refractivity contribution is 0.0185. The maximum absolute atomic E-state index is 12.0. The van der Waals surface area contributed by atoms with Crippen molar-refractivity contribution < 1.29 is 14.6 Å². The summed E-state index contributed by atoms with van der Waals surface area (Å²) in [5, 5.41) is 10.7. The number of ether oxygens (including phenoxy) is 1. The molecule has 172 valence electrons. The Bertz CT molecular complexity index is 900. The van der Waals surface area contributed by atoms with Crippen LogP contribution in [0, 0.1) is 25.2 Å².